The Morgan fingerprint density at radius 1 is 0.839 bits per heavy atom. The summed E-state index contributed by atoms with van der Waals surface area (Å²) < 4.78 is 10.8. The Hall–Kier alpha value is -3.97. The summed E-state index contributed by atoms with van der Waals surface area (Å²) in [5.41, 5.74) is 4.10. The summed E-state index contributed by atoms with van der Waals surface area (Å²) in [5, 5.41) is 21.8. The molecule has 0 atom stereocenters. The minimum absolute atomic E-state index is 0.000956. The molecule has 0 bridgehead atoms. The fourth-order valence-electron chi connectivity index (χ4n) is 3.30. The number of para-hydroxylation sites is 3. The number of phenolic OH excluding ortho intramolecular Hbond substituents is 1. The Kier molecular flexibility index (Phi) is 6.47. The van der Waals surface area contributed by atoms with Crippen molar-refractivity contribution in [3.63, 3.8) is 0 Å². The van der Waals surface area contributed by atoms with Crippen LogP contribution in [0.5, 0.6) is 17.2 Å². The number of rotatable bonds is 8. The number of hydrogen-bond acceptors (Lipinski definition) is 6. The number of carbonyl (C=O) groups is 1. The van der Waals surface area contributed by atoms with Crippen molar-refractivity contribution in [2.75, 3.05) is 14.2 Å². The number of hydrogen-bond donors (Lipinski definition) is 4. The Labute approximate surface area is 180 Å². The van der Waals surface area contributed by atoms with Gasteiger partial charge in [0, 0.05) is 16.7 Å². The average molecular weight is 420 g/mol. The third-order valence-electron chi connectivity index (χ3n) is 4.88. The lowest BCUT2D eigenvalue weighted by Crippen LogP contribution is -2.50. The second-order valence-electron chi connectivity index (χ2n) is 6.69. The van der Waals surface area contributed by atoms with Crippen LogP contribution in [0.3, 0.4) is 0 Å². The molecule has 0 aromatic heterocycles. The molecule has 1 amide bonds. The van der Waals surface area contributed by atoms with Crippen molar-refractivity contribution in [3.05, 3.63) is 96.1 Å². The van der Waals surface area contributed by atoms with Gasteiger partial charge in [-0.3, -0.25) is 15.6 Å². The molecule has 3 aromatic carbocycles. The number of benzene rings is 3. The van der Waals surface area contributed by atoms with Gasteiger partial charge in [-0.25, -0.2) is 0 Å². The van der Waals surface area contributed by atoms with Gasteiger partial charge in [-0.15, -0.1) is 0 Å². The molecular formula is C24H24N2O5. The highest BCUT2D eigenvalue weighted by Crippen LogP contribution is 2.40. The van der Waals surface area contributed by atoms with Crippen LogP contribution in [0, 0.1) is 0 Å². The Morgan fingerprint density at radius 3 is 1.84 bits per heavy atom. The molecule has 0 aliphatic heterocycles. The molecule has 3 aromatic rings. The quantitative estimate of drug-likeness (QED) is 0.418. The summed E-state index contributed by atoms with van der Waals surface area (Å²) in [6.07, 6.45) is 0. The summed E-state index contributed by atoms with van der Waals surface area (Å²) in [6.45, 7) is 3.84. The van der Waals surface area contributed by atoms with Gasteiger partial charge in [-0.2, -0.15) is 0 Å². The number of aromatic hydroxyl groups is 1. The largest absolute Gasteiger partial charge is 0.507 e. The van der Waals surface area contributed by atoms with Gasteiger partial charge in [0.25, 0.3) is 5.91 Å². The number of hydrazine groups is 1. The van der Waals surface area contributed by atoms with Gasteiger partial charge in [0.05, 0.1) is 19.9 Å². The standard InChI is InChI=1S/C24H24N2O5/c1-16(17-10-4-7-13-20(17)27)25-26-23(28)24(29,18-11-5-8-14-21(18)30-2)19-12-6-9-15-22(19)31-3/h4-15,25,27,29H,1H2,2-3H3,(H,26,28). The van der Waals surface area contributed by atoms with Crippen molar-refractivity contribution in [2.45, 2.75) is 5.60 Å². The smallest absolute Gasteiger partial charge is 0.279 e. The van der Waals surface area contributed by atoms with Crippen molar-refractivity contribution in [3.8, 4) is 17.2 Å². The maximum atomic E-state index is 13.4. The van der Waals surface area contributed by atoms with E-state index in [0.29, 0.717) is 17.1 Å². The van der Waals surface area contributed by atoms with Gasteiger partial charge in [0.2, 0.25) is 5.60 Å². The first-order chi connectivity index (χ1) is 14.9. The van der Waals surface area contributed by atoms with Gasteiger partial charge >= 0.3 is 0 Å². The number of nitrogens with one attached hydrogen (secondary N) is 2. The van der Waals surface area contributed by atoms with E-state index in [1.54, 1.807) is 66.7 Å². The van der Waals surface area contributed by atoms with Crippen LogP contribution < -0.4 is 20.3 Å². The van der Waals surface area contributed by atoms with E-state index in [9.17, 15) is 15.0 Å². The third-order valence-corrected chi connectivity index (χ3v) is 4.88. The highest BCUT2D eigenvalue weighted by molar-refractivity contribution is 5.92. The number of amides is 1. The zero-order valence-electron chi connectivity index (χ0n) is 17.3. The topological polar surface area (TPSA) is 100 Å². The van der Waals surface area contributed by atoms with Gasteiger partial charge in [0.15, 0.2) is 0 Å². The SMILES string of the molecule is C=C(NNC(=O)C(O)(c1ccccc1OC)c1ccccc1OC)c1ccccc1O. The van der Waals surface area contributed by atoms with Crippen LogP contribution in [0.1, 0.15) is 16.7 Å². The second-order valence-corrected chi connectivity index (χ2v) is 6.69. The summed E-state index contributed by atoms with van der Waals surface area (Å²) in [6, 6.07) is 19.9. The van der Waals surface area contributed by atoms with Crippen LogP contribution in [-0.2, 0) is 10.4 Å². The van der Waals surface area contributed by atoms with Crippen LogP contribution in [-0.4, -0.2) is 30.3 Å². The van der Waals surface area contributed by atoms with E-state index >= 15 is 0 Å². The lowest BCUT2D eigenvalue weighted by Gasteiger charge is -2.30. The van der Waals surface area contributed by atoms with E-state index in [1.165, 1.54) is 20.3 Å². The van der Waals surface area contributed by atoms with E-state index in [-0.39, 0.29) is 22.6 Å². The van der Waals surface area contributed by atoms with Gasteiger partial charge < -0.3 is 19.7 Å². The molecule has 0 saturated heterocycles. The zero-order chi connectivity index (χ0) is 22.4. The third kappa shape index (κ3) is 4.17. The number of aliphatic hydroxyl groups is 1. The lowest BCUT2D eigenvalue weighted by atomic mass is 9.84. The van der Waals surface area contributed by atoms with E-state index < -0.39 is 11.5 Å². The normalized spacial score (nSPS) is 10.8. The summed E-state index contributed by atoms with van der Waals surface area (Å²) >= 11 is 0. The van der Waals surface area contributed by atoms with Crippen LogP contribution in [0.15, 0.2) is 79.4 Å². The van der Waals surface area contributed by atoms with Crippen molar-refractivity contribution in [1.82, 2.24) is 10.9 Å². The molecule has 0 spiro atoms. The van der Waals surface area contributed by atoms with Crippen LogP contribution in [0.4, 0.5) is 0 Å². The van der Waals surface area contributed by atoms with E-state index in [4.69, 9.17) is 9.47 Å². The minimum atomic E-state index is -2.16. The fraction of sp³-hybridized carbons (Fsp3) is 0.125. The summed E-state index contributed by atoms with van der Waals surface area (Å²) in [7, 11) is 2.91. The first-order valence-corrected chi connectivity index (χ1v) is 9.46. The number of carbonyl (C=O) groups excluding carboxylic acids is 1. The molecule has 0 unspecified atom stereocenters. The van der Waals surface area contributed by atoms with Gasteiger partial charge in [0.1, 0.15) is 17.2 Å². The molecule has 0 heterocycles. The van der Waals surface area contributed by atoms with Crippen LogP contribution >= 0.6 is 0 Å². The summed E-state index contributed by atoms with van der Waals surface area (Å²) in [4.78, 5) is 13.4. The molecule has 4 N–H and O–H groups in total. The van der Waals surface area contributed by atoms with Gasteiger partial charge in [-0.1, -0.05) is 55.1 Å². The molecule has 31 heavy (non-hydrogen) atoms. The molecule has 0 saturated carbocycles. The van der Waals surface area contributed by atoms with Gasteiger partial charge in [-0.05, 0) is 24.3 Å². The second kappa shape index (κ2) is 9.23. The first-order valence-electron chi connectivity index (χ1n) is 9.46. The number of ether oxygens (including phenoxy) is 2. The predicted molar refractivity (Wildman–Crippen MR) is 117 cm³/mol. The lowest BCUT2D eigenvalue weighted by molar-refractivity contribution is -0.137. The number of methoxy groups -OCH3 is 2. The Bertz CT molecular complexity index is 1050. The highest BCUT2D eigenvalue weighted by Gasteiger charge is 2.44. The highest BCUT2D eigenvalue weighted by atomic mass is 16.5. The predicted octanol–water partition coefficient (Wildman–Crippen LogP) is 2.94. The van der Waals surface area contributed by atoms with Crippen LogP contribution in [0.25, 0.3) is 5.70 Å². The maximum absolute atomic E-state index is 13.4. The molecule has 7 heteroatoms. The summed E-state index contributed by atoms with van der Waals surface area (Å²) in [5.74, 6) is -0.145. The fourth-order valence-corrected chi connectivity index (χ4v) is 3.30. The zero-order valence-corrected chi connectivity index (χ0v) is 17.3. The molecule has 7 nitrogen and oxygen atoms in total. The molecule has 0 fully saturated rings. The van der Waals surface area contributed by atoms with Crippen molar-refractivity contribution >= 4 is 11.6 Å². The molecular weight excluding hydrogens is 396 g/mol. The van der Waals surface area contributed by atoms with Crippen molar-refractivity contribution in [2.24, 2.45) is 0 Å². The van der Waals surface area contributed by atoms with Crippen LogP contribution in [0.2, 0.25) is 0 Å². The first kappa shape index (κ1) is 21.7. The Morgan fingerprint density at radius 2 is 1.32 bits per heavy atom. The monoisotopic (exact) mass is 420 g/mol. The molecule has 0 aliphatic rings. The number of phenols is 1. The molecule has 160 valence electrons. The van der Waals surface area contributed by atoms with Crippen molar-refractivity contribution in [1.29, 1.82) is 0 Å². The Balaban J connectivity index is 2.01. The average Bonchev–Trinajstić information content (AvgIpc) is 2.81. The van der Waals surface area contributed by atoms with Crippen molar-refractivity contribution < 1.29 is 24.5 Å². The molecule has 0 radical (unpaired) electrons. The molecule has 0 aliphatic carbocycles. The maximum Gasteiger partial charge on any atom is 0.279 e. The van der Waals surface area contributed by atoms with E-state index in [1.807, 2.05) is 0 Å². The van der Waals surface area contributed by atoms with E-state index in [2.05, 4.69) is 17.4 Å². The molecule has 3 rings (SSSR count). The van der Waals surface area contributed by atoms with E-state index in [0.717, 1.165) is 0 Å². The minimum Gasteiger partial charge on any atom is -0.507 e.